The molecule has 0 unspecified atom stereocenters. The highest BCUT2D eigenvalue weighted by atomic mass is 16.5. The molecule has 4 nitrogen and oxygen atoms in total. The molecule has 1 aliphatic carbocycles. The van der Waals surface area contributed by atoms with Crippen molar-refractivity contribution in [3.63, 3.8) is 0 Å². The topological polar surface area (TPSA) is 49.8 Å². The van der Waals surface area contributed by atoms with Crippen molar-refractivity contribution >= 4 is 5.91 Å². The Morgan fingerprint density at radius 1 is 1.47 bits per heavy atom. The maximum Gasteiger partial charge on any atom is 0.249 e. The van der Waals surface area contributed by atoms with Crippen LogP contribution in [0.5, 0.6) is 5.75 Å². The fourth-order valence-electron chi connectivity index (χ4n) is 1.98. The molecule has 0 aromatic heterocycles. The van der Waals surface area contributed by atoms with Crippen LogP contribution in [0, 0.1) is 0 Å². The van der Waals surface area contributed by atoms with Crippen molar-refractivity contribution in [2.45, 2.75) is 45.4 Å². The van der Waals surface area contributed by atoms with E-state index in [-0.39, 0.29) is 24.4 Å². The maximum atomic E-state index is 12.2. The molecule has 0 aliphatic heterocycles. The molecule has 2 rings (SSSR count). The summed E-state index contributed by atoms with van der Waals surface area (Å²) in [6, 6.07) is 7.39. The molecule has 1 fully saturated rings. The smallest absolute Gasteiger partial charge is 0.249 e. The largest absolute Gasteiger partial charge is 0.508 e. The van der Waals surface area contributed by atoms with Crippen LogP contribution in [0.2, 0.25) is 0 Å². The second kappa shape index (κ2) is 6.06. The Morgan fingerprint density at radius 3 is 2.79 bits per heavy atom. The summed E-state index contributed by atoms with van der Waals surface area (Å²) in [6.07, 6.45) is 2.18. The summed E-state index contributed by atoms with van der Waals surface area (Å²) >= 11 is 0. The Morgan fingerprint density at radius 2 is 2.21 bits per heavy atom. The summed E-state index contributed by atoms with van der Waals surface area (Å²) in [5, 5.41) is 9.47. The standard InChI is InChI=1S/C15H21NO3/c1-11(2)19-10-15(18)16(13-6-7-13)9-12-4-3-5-14(17)8-12/h3-5,8,11,13,17H,6-7,9-10H2,1-2H3. The van der Waals surface area contributed by atoms with Gasteiger partial charge in [0.25, 0.3) is 0 Å². The number of aromatic hydroxyl groups is 1. The highest BCUT2D eigenvalue weighted by molar-refractivity contribution is 5.78. The van der Waals surface area contributed by atoms with Gasteiger partial charge in [-0.15, -0.1) is 0 Å². The van der Waals surface area contributed by atoms with Crippen molar-refractivity contribution < 1.29 is 14.6 Å². The van der Waals surface area contributed by atoms with Crippen molar-refractivity contribution in [2.75, 3.05) is 6.61 Å². The van der Waals surface area contributed by atoms with E-state index in [1.165, 1.54) is 0 Å². The molecular formula is C15H21NO3. The molecule has 1 aliphatic rings. The van der Waals surface area contributed by atoms with Gasteiger partial charge in [0.1, 0.15) is 12.4 Å². The van der Waals surface area contributed by atoms with Gasteiger partial charge in [0, 0.05) is 12.6 Å². The number of hydrogen-bond donors (Lipinski definition) is 1. The maximum absolute atomic E-state index is 12.2. The fourth-order valence-corrected chi connectivity index (χ4v) is 1.98. The first-order chi connectivity index (χ1) is 9.06. The molecule has 0 bridgehead atoms. The Balaban J connectivity index is 1.98. The Kier molecular flexibility index (Phi) is 4.43. The van der Waals surface area contributed by atoms with Crippen molar-refractivity contribution in [2.24, 2.45) is 0 Å². The van der Waals surface area contributed by atoms with Gasteiger partial charge in [0.05, 0.1) is 6.10 Å². The number of carbonyl (C=O) groups is 1. The zero-order valence-electron chi connectivity index (χ0n) is 11.5. The quantitative estimate of drug-likeness (QED) is 0.856. The predicted octanol–water partition coefficient (Wildman–Crippen LogP) is 2.31. The van der Waals surface area contributed by atoms with E-state index in [0.29, 0.717) is 12.6 Å². The van der Waals surface area contributed by atoms with Crippen LogP contribution < -0.4 is 0 Å². The van der Waals surface area contributed by atoms with E-state index >= 15 is 0 Å². The normalized spacial score (nSPS) is 14.7. The summed E-state index contributed by atoms with van der Waals surface area (Å²) in [5.41, 5.74) is 0.949. The van der Waals surface area contributed by atoms with Crippen LogP contribution in [-0.2, 0) is 16.1 Å². The van der Waals surface area contributed by atoms with Gasteiger partial charge in [-0.25, -0.2) is 0 Å². The van der Waals surface area contributed by atoms with Gasteiger partial charge in [0.2, 0.25) is 5.91 Å². The third-order valence-corrected chi connectivity index (χ3v) is 3.11. The minimum atomic E-state index is 0.0274. The first-order valence-electron chi connectivity index (χ1n) is 6.75. The summed E-state index contributed by atoms with van der Waals surface area (Å²) in [6.45, 7) is 4.51. The molecule has 1 saturated carbocycles. The molecule has 1 aromatic rings. The van der Waals surface area contributed by atoms with Crippen LogP contribution in [0.3, 0.4) is 0 Å². The summed E-state index contributed by atoms with van der Waals surface area (Å²) < 4.78 is 5.38. The van der Waals surface area contributed by atoms with E-state index in [4.69, 9.17) is 4.74 Å². The Bertz CT molecular complexity index is 441. The van der Waals surface area contributed by atoms with Gasteiger partial charge in [0.15, 0.2) is 0 Å². The van der Waals surface area contributed by atoms with Gasteiger partial charge >= 0.3 is 0 Å². The molecular weight excluding hydrogens is 242 g/mol. The number of phenols is 1. The minimum absolute atomic E-state index is 0.0274. The second-order valence-electron chi connectivity index (χ2n) is 5.28. The third kappa shape index (κ3) is 4.24. The molecule has 0 heterocycles. The number of carbonyl (C=O) groups excluding carboxylic acids is 1. The van der Waals surface area contributed by atoms with E-state index < -0.39 is 0 Å². The number of ether oxygens (including phenoxy) is 1. The molecule has 1 aromatic carbocycles. The number of nitrogens with zero attached hydrogens (tertiary/aromatic N) is 1. The summed E-state index contributed by atoms with van der Waals surface area (Å²) in [4.78, 5) is 14.0. The molecule has 0 radical (unpaired) electrons. The van der Waals surface area contributed by atoms with E-state index in [1.54, 1.807) is 18.2 Å². The molecule has 1 amide bonds. The first kappa shape index (κ1) is 13.9. The van der Waals surface area contributed by atoms with Crippen LogP contribution >= 0.6 is 0 Å². The average Bonchev–Trinajstić information content (AvgIpc) is 3.17. The lowest BCUT2D eigenvalue weighted by Gasteiger charge is -2.23. The lowest BCUT2D eigenvalue weighted by atomic mass is 10.2. The van der Waals surface area contributed by atoms with E-state index in [0.717, 1.165) is 18.4 Å². The lowest BCUT2D eigenvalue weighted by molar-refractivity contribution is -0.138. The van der Waals surface area contributed by atoms with Crippen molar-refractivity contribution in [1.82, 2.24) is 4.90 Å². The molecule has 1 N–H and O–H groups in total. The molecule has 0 saturated heterocycles. The second-order valence-corrected chi connectivity index (χ2v) is 5.28. The van der Waals surface area contributed by atoms with Gasteiger partial charge in [-0.1, -0.05) is 12.1 Å². The monoisotopic (exact) mass is 263 g/mol. The zero-order chi connectivity index (χ0) is 13.8. The molecule has 19 heavy (non-hydrogen) atoms. The minimum Gasteiger partial charge on any atom is -0.508 e. The van der Waals surface area contributed by atoms with Gasteiger partial charge in [-0.3, -0.25) is 4.79 Å². The van der Waals surface area contributed by atoms with Crippen LogP contribution in [-0.4, -0.2) is 34.7 Å². The zero-order valence-corrected chi connectivity index (χ0v) is 11.5. The van der Waals surface area contributed by atoms with E-state index in [1.807, 2.05) is 24.8 Å². The fraction of sp³-hybridized carbons (Fsp3) is 0.533. The van der Waals surface area contributed by atoms with E-state index in [9.17, 15) is 9.90 Å². The predicted molar refractivity (Wildman–Crippen MR) is 72.8 cm³/mol. The van der Waals surface area contributed by atoms with Crippen LogP contribution in [0.15, 0.2) is 24.3 Å². The number of amides is 1. The molecule has 4 heteroatoms. The van der Waals surface area contributed by atoms with E-state index in [2.05, 4.69) is 0 Å². The first-order valence-corrected chi connectivity index (χ1v) is 6.75. The third-order valence-electron chi connectivity index (χ3n) is 3.11. The van der Waals surface area contributed by atoms with Crippen molar-refractivity contribution in [1.29, 1.82) is 0 Å². The van der Waals surface area contributed by atoms with Crippen LogP contribution in [0.25, 0.3) is 0 Å². The average molecular weight is 263 g/mol. The van der Waals surface area contributed by atoms with Crippen LogP contribution in [0.4, 0.5) is 0 Å². The highest BCUT2D eigenvalue weighted by Gasteiger charge is 2.32. The molecule has 104 valence electrons. The molecule has 0 atom stereocenters. The van der Waals surface area contributed by atoms with Crippen LogP contribution in [0.1, 0.15) is 32.3 Å². The Hall–Kier alpha value is -1.55. The number of rotatable bonds is 6. The van der Waals surface area contributed by atoms with Gasteiger partial charge in [-0.05, 0) is 44.4 Å². The molecule has 0 spiro atoms. The SMILES string of the molecule is CC(C)OCC(=O)N(Cc1cccc(O)c1)C1CC1. The van der Waals surface area contributed by atoms with Gasteiger partial charge in [-0.2, -0.15) is 0 Å². The van der Waals surface area contributed by atoms with Gasteiger partial charge < -0.3 is 14.7 Å². The summed E-state index contributed by atoms with van der Waals surface area (Å²) in [7, 11) is 0. The lowest BCUT2D eigenvalue weighted by Crippen LogP contribution is -2.36. The number of hydrogen-bond acceptors (Lipinski definition) is 3. The van der Waals surface area contributed by atoms with Crippen molar-refractivity contribution in [3.8, 4) is 5.75 Å². The number of phenolic OH excluding ortho intramolecular Hbond substituents is 1. The number of benzene rings is 1. The highest BCUT2D eigenvalue weighted by Crippen LogP contribution is 2.29. The summed E-state index contributed by atoms with van der Waals surface area (Å²) in [5.74, 6) is 0.263. The Labute approximate surface area is 114 Å². The van der Waals surface area contributed by atoms with Crippen molar-refractivity contribution in [3.05, 3.63) is 29.8 Å².